The number of fused-ring (bicyclic) bond motifs is 1. The Morgan fingerprint density at radius 2 is 2.05 bits per heavy atom. The van der Waals surface area contributed by atoms with Gasteiger partial charge in [0.15, 0.2) is 0 Å². The summed E-state index contributed by atoms with van der Waals surface area (Å²) >= 11 is 0. The molecule has 0 aromatic heterocycles. The number of nitrogens with one attached hydrogen (secondary N) is 1. The monoisotopic (exact) mass is 260 g/mol. The number of nitrogen functional groups attached to an aromatic ring is 1. The van der Waals surface area contributed by atoms with E-state index in [1.165, 1.54) is 6.07 Å². The van der Waals surface area contributed by atoms with E-state index < -0.39 is 0 Å². The summed E-state index contributed by atoms with van der Waals surface area (Å²) in [6, 6.07) is 3.13. The Morgan fingerprint density at radius 1 is 1.37 bits per heavy atom. The van der Waals surface area contributed by atoms with Crippen LogP contribution in [0.3, 0.4) is 0 Å². The molecule has 1 unspecified atom stereocenters. The summed E-state index contributed by atoms with van der Waals surface area (Å²) < 4.78 is 0. The summed E-state index contributed by atoms with van der Waals surface area (Å²) in [7, 11) is 0. The number of aromatic hydroxyl groups is 1. The van der Waals surface area contributed by atoms with E-state index in [1.54, 1.807) is 6.07 Å². The Bertz CT molecular complexity index is 600. The molecule has 0 spiro atoms. The lowest BCUT2D eigenvalue weighted by molar-refractivity contribution is 0.473. The molecule has 0 radical (unpaired) electrons. The third kappa shape index (κ3) is 2.22. The van der Waals surface area contributed by atoms with Gasteiger partial charge in [-0.2, -0.15) is 5.10 Å². The fourth-order valence-electron chi connectivity index (χ4n) is 2.36. The maximum Gasteiger partial charge on any atom is 0.211 e. The minimum Gasteiger partial charge on any atom is -0.507 e. The molecular weight excluding hydrogens is 244 g/mol. The minimum atomic E-state index is -0.143. The zero-order valence-electron chi connectivity index (χ0n) is 10.5. The highest BCUT2D eigenvalue weighted by atomic mass is 16.3. The van der Waals surface area contributed by atoms with Gasteiger partial charge in [-0.3, -0.25) is 5.41 Å². The first kappa shape index (κ1) is 12.9. The number of nitrogens with zero attached hydrogens (tertiary/aromatic N) is 2. The van der Waals surface area contributed by atoms with Crippen molar-refractivity contribution in [2.45, 2.75) is 19.3 Å². The third-order valence-corrected chi connectivity index (χ3v) is 3.08. The Kier molecular flexibility index (Phi) is 3.12. The second kappa shape index (κ2) is 4.60. The molecule has 1 aliphatic carbocycles. The van der Waals surface area contributed by atoms with Crippen LogP contribution in [0.15, 0.2) is 22.3 Å². The summed E-state index contributed by atoms with van der Waals surface area (Å²) in [5, 5.41) is 25.2. The van der Waals surface area contributed by atoms with Crippen LogP contribution < -0.4 is 17.2 Å². The van der Waals surface area contributed by atoms with Crippen molar-refractivity contribution < 1.29 is 5.11 Å². The summed E-state index contributed by atoms with van der Waals surface area (Å²) in [6.07, 6.45) is 0.587. The standard InChI is InChI=1S/C12H16N6O/c1-5-4-7(17-18-12(15)16)10-8(19)3-2-6(9(5)10)11(13)14/h2-3,5,19H,4H2,1H3,(H3,13,14)(H4,15,16,18). The van der Waals surface area contributed by atoms with Crippen LogP contribution in [0.2, 0.25) is 0 Å². The smallest absolute Gasteiger partial charge is 0.211 e. The van der Waals surface area contributed by atoms with Gasteiger partial charge in [0.1, 0.15) is 11.6 Å². The van der Waals surface area contributed by atoms with E-state index in [4.69, 9.17) is 22.6 Å². The van der Waals surface area contributed by atoms with Crippen molar-refractivity contribution in [3.05, 3.63) is 28.8 Å². The van der Waals surface area contributed by atoms with Gasteiger partial charge in [-0.1, -0.05) is 6.92 Å². The maximum atomic E-state index is 9.99. The lowest BCUT2D eigenvalue weighted by Crippen LogP contribution is -2.22. The van der Waals surface area contributed by atoms with Crippen LogP contribution in [0.4, 0.5) is 0 Å². The maximum absolute atomic E-state index is 9.99. The molecule has 0 fully saturated rings. The molecule has 1 atom stereocenters. The van der Waals surface area contributed by atoms with Crippen LogP contribution in [0.25, 0.3) is 0 Å². The number of hydrogen-bond acceptors (Lipinski definition) is 4. The van der Waals surface area contributed by atoms with Gasteiger partial charge in [0.2, 0.25) is 5.96 Å². The molecule has 0 amide bonds. The van der Waals surface area contributed by atoms with E-state index >= 15 is 0 Å². The molecule has 1 aromatic carbocycles. The van der Waals surface area contributed by atoms with Gasteiger partial charge < -0.3 is 22.3 Å². The second-order valence-electron chi connectivity index (χ2n) is 4.51. The van der Waals surface area contributed by atoms with E-state index in [0.29, 0.717) is 23.3 Å². The number of nitrogens with two attached hydrogens (primary N) is 3. The van der Waals surface area contributed by atoms with E-state index in [1.807, 2.05) is 6.92 Å². The normalized spacial score (nSPS) is 19.2. The molecule has 7 nitrogen and oxygen atoms in total. The predicted molar refractivity (Wildman–Crippen MR) is 74.5 cm³/mol. The van der Waals surface area contributed by atoms with E-state index in [9.17, 15) is 5.11 Å². The highest BCUT2D eigenvalue weighted by molar-refractivity contribution is 6.11. The highest BCUT2D eigenvalue weighted by Crippen LogP contribution is 2.40. The van der Waals surface area contributed by atoms with Gasteiger partial charge >= 0.3 is 0 Å². The number of amidine groups is 1. The molecule has 7 heteroatoms. The summed E-state index contributed by atoms with van der Waals surface area (Å²) in [6.45, 7) is 1.97. The number of hydrogen-bond donors (Lipinski definition) is 5. The van der Waals surface area contributed by atoms with Gasteiger partial charge in [-0.15, -0.1) is 5.10 Å². The fraction of sp³-hybridized carbons (Fsp3) is 0.250. The zero-order chi connectivity index (χ0) is 14.2. The first-order valence-corrected chi connectivity index (χ1v) is 5.78. The topological polar surface area (TPSA) is 147 Å². The highest BCUT2D eigenvalue weighted by Gasteiger charge is 2.30. The first-order valence-electron chi connectivity index (χ1n) is 5.78. The number of rotatable bonds is 2. The van der Waals surface area contributed by atoms with Gasteiger partial charge in [0.25, 0.3) is 0 Å². The number of benzene rings is 1. The van der Waals surface area contributed by atoms with E-state index in [-0.39, 0.29) is 23.5 Å². The summed E-state index contributed by atoms with van der Waals surface area (Å²) in [5.41, 5.74) is 18.6. The third-order valence-electron chi connectivity index (χ3n) is 3.08. The average Bonchev–Trinajstić information content (AvgIpc) is 2.65. The van der Waals surface area contributed by atoms with Crippen LogP contribution in [0, 0.1) is 5.41 Å². The first-order chi connectivity index (χ1) is 8.91. The Labute approximate surface area is 110 Å². The van der Waals surface area contributed by atoms with Crippen LogP contribution >= 0.6 is 0 Å². The van der Waals surface area contributed by atoms with Crippen molar-refractivity contribution >= 4 is 17.5 Å². The predicted octanol–water partition coefficient (Wildman–Crippen LogP) is 0.161. The van der Waals surface area contributed by atoms with Crippen molar-refractivity contribution in [1.82, 2.24) is 0 Å². The van der Waals surface area contributed by atoms with Gasteiger partial charge in [-0.25, -0.2) is 0 Å². The molecule has 0 aliphatic heterocycles. The lowest BCUT2D eigenvalue weighted by atomic mass is 9.96. The van der Waals surface area contributed by atoms with Crippen molar-refractivity contribution in [3.8, 4) is 5.75 Å². The molecule has 0 saturated carbocycles. The Balaban J connectivity index is 2.65. The second-order valence-corrected chi connectivity index (χ2v) is 4.51. The van der Waals surface area contributed by atoms with Crippen molar-refractivity contribution in [1.29, 1.82) is 5.41 Å². The number of phenolic OH excluding ortho intramolecular Hbond substituents is 1. The molecular formula is C12H16N6O. The van der Waals surface area contributed by atoms with Crippen LogP contribution in [-0.2, 0) is 0 Å². The van der Waals surface area contributed by atoms with Crippen LogP contribution in [0.1, 0.15) is 36.0 Å². The van der Waals surface area contributed by atoms with Crippen molar-refractivity contribution in [3.63, 3.8) is 0 Å². The SMILES string of the molecule is CC1CC(=NN=C(N)N)c2c(O)ccc(C(=N)N)c21. The largest absolute Gasteiger partial charge is 0.507 e. The van der Waals surface area contributed by atoms with E-state index in [0.717, 1.165) is 5.56 Å². The Morgan fingerprint density at radius 3 is 2.63 bits per heavy atom. The summed E-state index contributed by atoms with van der Waals surface area (Å²) in [5.74, 6) is 0.00449. The molecule has 100 valence electrons. The summed E-state index contributed by atoms with van der Waals surface area (Å²) in [4.78, 5) is 0. The molecule has 0 bridgehead atoms. The minimum absolute atomic E-state index is 0.0359. The fourth-order valence-corrected chi connectivity index (χ4v) is 2.36. The average molecular weight is 260 g/mol. The van der Waals surface area contributed by atoms with Crippen molar-refractivity contribution in [2.24, 2.45) is 27.4 Å². The Hall–Kier alpha value is -2.57. The zero-order valence-corrected chi connectivity index (χ0v) is 10.5. The lowest BCUT2D eigenvalue weighted by Gasteiger charge is -2.11. The van der Waals surface area contributed by atoms with Crippen molar-refractivity contribution in [2.75, 3.05) is 0 Å². The van der Waals surface area contributed by atoms with Crippen LogP contribution in [0.5, 0.6) is 5.75 Å². The van der Waals surface area contributed by atoms with E-state index in [2.05, 4.69) is 10.2 Å². The number of guanidine groups is 1. The molecule has 8 N–H and O–H groups in total. The quantitative estimate of drug-likeness (QED) is 0.292. The number of phenols is 1. The molecule has 0 heterocycles. The molecule has 19 heavy (non-hydrogen) atoms. The molecule has 1 aliphatic rings. The van der Waals surface area contributed by atoms with Gasteiger partial charge in [0, 0.05) is 11.1 Å². The van der Waals surface area contributed by atoms with Crippen LogP contribution in [-0.4, -0.2) is 22.6 Å². The molecule has 1 aromatic rings. The molecule has 2 rings (SSSR count). The van der Waals surface area contributed by atoms with Gasteiger partial charge in [-0.05, 0) is 30.0 Å². The molecule has 0 saturated heterocycles. The van der Waals surface area contributed by atoms with Gasteiger partial charge in [0.05, 0.1) is 5.71 Å².